The highest BCUT2D eigenvalue weighted by molar-refractivity contribution is 9.11. The third-order valence-corrected chi connectivity index (χ3v) is 7.41. The summed E-state index contributed by atoms with van der Waals surface area (Å²) in [6.45, 7) is 1.18. The molecular formula is C25H26Br2N2O4S. The van der Waals surface area contributed by atoms with Crippen LogP contribution in [-0.4, -0.2) is 28.3 Å². The lowest BCUT2D eigenvalue weighted by atomic mass is 9.89. The molecule has 0 radical (unpaired) electrons. The first kappa shape index (κ1) is 25.0. The first-order chi connectivity index (χ1) is 16.2. The van der Waals surface area contributed by atoms with Gasteiger partial charge in [-0.05, 0) is 97.8 Å². The summed E-state index contributed by atoms with van der Waals surface area (Å²) in [6, 6.07) is 17.8. The zero-order chi connectivity index (χ0) is 24.3. The van der Waals surface area contributed by atoms with Gasteiger partial charge in [0.25, 0.3) is 0 Å². The molecule has 0 saturated heterocycles. The Kier molecular flexibility index (Phi) is 7.87. The molecule has 180 valence electrons. The molecule has 0 saturated carbocycles. The minimum absolute atomic E-state index is 0.0271. The molecule has 34 heavy (non-hydrogen) atoms. The second-order valence-corrected chi connectivity index (χ2v) is 11.7. The molecule has 1 aliphatic rings. The summed E-state index contributed by atoms with van der Waals surface area (Å²) >= 11 is 7.15. The van der Waals surface area contributed by atoms with E-state index in [1.54, 1.807) is 7.11 Å². The van der Waals surface area contributed by atoms with E-state index >= 15 is 0 Å². The molecule has 0 bridgehead atoms. The molecule has 0 aliphatic carbocycles. The number of nitrogens with one attached hydrogen (secondary N) is 2. The molecule has 1 heterocycles. The van der Waals surface area contributed by atoms with Gasteiger partial charge in [-0.1, -0.05) is 30.3 Å². The molecule has 0 spiro atoms. The third-order valence-electron chi connectivity index (χ3n) is 5.64. The number of methoxy groups -OCH3 is 1. The second-order valence-electron chi connectivity index (χ2n) is 8.25. The number of benzene rings is 3. The lowest BCUT2D eigenvalue weighted by Crippen LogP contribution is -2.31. The normalized spacial score (nSPS) is 15.5. The SMILES string of the molecule is COc1c(Br)cc(CC2NCCc3cc(OCc4ccccc4)c(NS(C)(=O)=O)cc32)cc1Br. The predicted octanol–water partition coefficient (Wildman–Crippen LogP) is 5.60. The Hall–Kier alpha value is -2.07. The van der Waals surface area contributed by atoms with Gasteiger partial charge in [0.05, 0.1) is 28.0 Å². The van der Waals surface area contributed by atoms with Crippen molar-refractivity contribution in [2.45, 2.75) is 25.5 Å². The van der Waals surface area contributed by atoms with E-state index < -0.39 is 10.0 Å². The highest BCUT2D eigenvalue weighted by atomic mass is 79.9. The number of halogens is 2. The van der Waals surface area contributed by atoms with Crippen LogP contribution in [-0.2, 0) is 29.5 Å². The number of hydrogen-bond donors (Lipinski definition) is 2. The van der Waals surface area contributed by atoms with Crippen LogP contribution in [0.2, 0.25) is 0 Å². The van der Waals surface area contributed by atoms with E-state index in [0.717, 1.165) is 62.6 Å². The first-order valence-electron chi connectivity index (χ1n) is 10.8. The van der Waals surface area contributed by atoms with Gasteiger partial charge in [-0.2, -0.15) is 0 Å². The van der Waals surface area contributed by atoms with Crippen LogP contribution in [0.5, 0.6) is 11.5 Å². The molecule has 1 aliphatic heterocycles. The van der Waals surface area contributed by atoms with Gasteiger partial charge in [0.1, 0.15) is 18.1 Å². The number of sulfonamides is 1. The lowest BCUT2D eigenvalue weighted by molar-refractivity contribution is 0.307. The zero-order valence-corrected chi connectivity index (χ0v) is 22.9. The summed E-state index contributed by atoms with van der Waals surface area (Å²) in [5.74, 6) is 1.28. The molecule has 9 heteroatoms. The molecule has 0 amide bonds. The molecule has 2 N–H and O–H groups in total. The fourth-order valence-corrected chi connectivity index (χ4v) is 6.31. The van der Waals surface area contributed by atoms with Crippen molar-refractivity contribution < 1.29 is 17.9 Å². The van der Waals surface area contributed by atoms with E-state index in [4.69, 9.17) is 9.47 Å². The average Bonchev–Trinajstić information content (AvgIpc) is 2.78. The van der Waals surface area contributed by atoms with Crippen LogP contribution in [0.25, 0.3) is 0 Å². The van der Waals surface area contributed by atoms with Crippen molar-refractivity contribution >= 4 is 47.6 Å². The van der Waals surface area contributed by atoms with Gasteiger partial charge in [-0.3, -0.25) is 4.72 Å². The standard InChI is InChI=1S/C25H26Br2N2O4S/c1-32-25-20(26)10-17(11-21(25)27)12-22-19-14-23(29-34(2,30)31)24(13-18(19)8-9-28-22)33-15-16-6-4-3-5-7-16/h3-7,10-11,13-14,22,28-29H,8-9,12,15H2,1-2H3. The molecule has 1 unspecified atom stereocenters. The van der Waals surface area contributed by atoms with Crippen molar-refractivity contribution in [1.82, 2.24) is 5.32 Å². The van der Waals surface area contributed by atoms with Crippen LogP contribution in [0.15, 0.2) is 63.5 Å². The van der Waals surface area contributed by atoms with E-state index in [1.165, 1.54) is 0 Å². The summed E-state index contributed by atoms with van der Waals surface area (Å²) in [6.07, 6.45) is 2.72. The fourth-order valence-electron chi connectivity index (χ4n) is 4.15. The van der Waals surface area contributed by atoms with Gasteiger partial charge in [-0.15, -0.1) is 0 Å². The summed E-state index contributed by atoms with van der Waals surface area (Å²) in [7, 11) is -1.85. The van der Waals surface area contributed by atoms with Crippen molar-refractivity contribution in [1.29, 1.82) is 0 Å². The lowest BCUT2D eigenvalue weighted by Gasteiger charge is -2.29. The predicted molar refractivity (Wildman–Crippen MR) is 142 cm³/mol. The van der Waals surface area contributed by atoms with E-state index in [-0.39, 0.29) is 6.04 Å². The van der Waals surface area contributed by atoms with Crippen molar-refractivity contribution in [3.63, 3.8) is 0 Å². The topological polar surface area (TPSA) is 76.7 Å². The number of ether oxygens (including phenoxy) is 2. The third kappa shape index (κ3) is 6.13. The Morgan fingerprint density at radius 1 is 1.06 bits per heavy atom. The quantitative estimate of drug-likeness (QED) is 0.348. The molecule has 0 aromatic heterocycles. The van der Waals surface area contributed by atoms with Crippen molar-refractivity contribution in [2.24, 2.45) is 0 Å². The fraction of sp³-hybridized carbons (Fsp3) is 0.280. The highest BCUT2D eigenvalue weighted by Crippen LogP contribution is 2.38. The molecule has 4 rings (SSSR count). The first-order valence-corrected chi connectivity index (χ1v) is 14.3. The van der Waals surface area contributed by atoms with Gasteiger partial charge >= 0.3 is 0 Å². The summed E-state index contributed by atoms with van der Waals surface area (Å²) in [5.41, 5.74) is 4.79. The largest absolute Gasteiger partial charge is 0.494 e. The maximum atomic E-state index is 12.1. The number of fused-ring (bicyclic) bond motifs is 1. The van der Waals surface area contributed by atoms with Crippen molar-refractivity contribution in [2.75, 3.05) is 24.6 Å². The van der Waals surface area contributed by atoms with Crippen LogP contribution in [0.4, 0.5) is 5.69 Å². The van der Waals surface area contributed by atoms with Gasteiger partial charge < -0.3 is 14.8 Å². The molecule has 3 aromatic rings. The minimum atomic E-state index is -3.48. The van der Waals surface area contributed by atoms with E-state index in [9.17, 15) is 8.42 Å². The second kappa shape index (κ2) is 10.7. The van der Waals surface area contributed by atoms with E-state index in [1.807, 2.05) is 54.6 Å². The monoisotopic (exact) mass is 608 g/mol. The van der Waals surface area contributed by atoms with E-state index in [2.05, 4.69) is 41.9 Å². The molecule has 3 aromatic carbocycles. The van der Waals surface area contributed by atoms with E-state index in [0.29, 0.717) is 18.0 Å². The Balaban J connectivity index is 1.66. The molecule has 1 atom stereocenters. The smallest absolute Gasteiger partial charge is 0.229 e. The highest BCUT2D eigenvalue weighted by Gasteiger charge is 2.24. The van der Waals surface area contributed by atoms with Gasteiger partial charge in [0.15, 0.2) is 0 Å². The van der Waals surface area contributed by atoms with Crippen molar-refractivity contribution in [3.05, 3.63) is 85.8 Å². The van der Waals surface area contributed by atoms with Gasteiger partial charge in [0, 0.05) is 6.04 Å². The minimum Gasteiger partial charge on any atom is -0.494 e. The average molecular weight is 610 g/mol. The Labute approximate surface area is 217 Å². The van der Waals surface area contributed by atoms with Crippen LogP contribution in [0.3, 0.4) is 0 Å². The zero-order valence-electron chi connectivity index (χ0n) is 18.9. The Morgan fingerprint density at radius 2 is 1.76 bits per heavy atom. The molecule has 6 nitrogen and oxygen atoms in total. The summed E-state index contributed by atoms with van der Waals surface area (Å²) in [5, 5.41) is 3.58. The number of hydrogen-bond acceptors (Lipinski definition) is 5. The van der Waals surface area contributed by atoms with Gasteiger partial charge in [-0.25, -0.2) is 8.42 Å². The van der Waals surface area contributed by atoms with Crippen molar-refractivity contribution in [3.8, 4) is 11.5 Å². The summed E-state index contributed by atoms with van der Waals surface area (Å²) in [4.78, 5) is 0. The van der Waals surface area contributed by atoms with Crippen LogP contribution in [0, 0.1) is 0 Å². The Bertz CT molecular complexity index is 1260. The Morgan fingerprint density at radius 3 is 2.41 bits per heavy atom. The molecular weight excluding hydrogens is 584 g/mol. The maximum absolute atomic E-state index is 12.1. The number of rotatable bonds is 8. The van der Waals surface area contributed by atoms with Crippen LogP contribution >= 0.6 is 31.9 Å². The summed E-state index contributed by atoms with van der Waals surface area (Å²) < 4.78 is 40.1. The van der Waals surface area contributed by atoms with Crippen LogP contribution in [0.1, 0.15) is 28.3 Å². The van der Waals surface area contributed by atoms with Gasteiger partial charge in [0.2, 0.25) is 10.0 Å². The molecule has 0 fully saturated rings. The van der Waals surface area contributed by atoms with Crippen LogP contribution < -0.4 is 19.5 Å². The number of anilines is 1. The maximum Gasteiger partial charge on any atom is 0.229 e.